The maximum absolute atomic E-state index is 13.0. The monoisotopic (exact) mass is 361 g/mol. The second kappa shape index (κ2) is 5.86. The summed E-state index contributed by atoms with van der Waals surface area (Å²) in [5.74, 6) is -1.54. The molecule has 0 amide bonds. The van der Waals surface area contributed by atoms with Crippen LogP contribution in [0.4, 0.5) is 0 Å². The first-order chi connectivity index (χ1) is 11.7. The SMILES string of the molecule is COc1ccc([C@@H]2[C@@H](S(=O)(=O)c3ccc(C)cc3)[C@]2(N)C(=O)O)cc1. The minimum absolute atomic E-state index is 0.0789. The zero-order chi connectivity index (χ0) is 18.4. The van der Waals surface area contributed by atoms with Crippen LogP contribution in [0.15, 0.2) is 53.4 Å². The van der Waals surface area contributed by atoms with Crippen molar-refractivity contribution >= 4 is 15.8 Å². The molecule has 1 aliphatic carbocycles. The second-order valence-corrected chi connectivity index (χ2v) is 8.34. The van der Waals surface area contributed by atoms with Gasteiger partial charge < -0.3 is 15.6 Å². The fourth-order valence-corrected chi connectivity index (χ4v) is 5.43. The molecule has 132 valence electrons. The Balaban J connectivity index is 2.03. The number of methoxy groups -OCH3 is 1. The summed E-state index contributed by atoms with van der Waals surface area (Å²) < 4.78 is 31.0. The van der Waals surface area contributed by atoms with Crippen LogP contribution in [-0.2, 0) is 14.6 Å². The van der Waals surface area contributed by atoms with Gasteiger partial charge >= 0.3 is 5.97 Å². The van der Waals surface area contributed by atoms with Crippen molar-refractivity contribution in [3.8, 4) is 5.75 Å². The molecule has 0 radical (unpaired) electrons. The predicted octanol–water partition coefficient (Wildman–Crippen LogP) is 1.73. The molecule has 0 aromatic heterocycles. The van der Waals surface area contributed by atoms with Crippen molar-refractivity contribution in [2.75, 3.05) is 7.11 Å². The van der Waals surface area contributed by atoms with Gasteiger partial charge in [-0.25, -0.2) is 8.42 Å². The Bertz CT molecular complexity index is 905. The largest absolute Gasteiger partial charge is 0.497 e. The molecule has 0 spiro atoms. The maximum Gasteiger partial charge on any atom is 0.325 e. The average molecular weight is 361 g/mol. The lowest BCUT2D eigenvalue weighted by molar-refractivity contribution is -0.139. The molecule has 0 saturated heterocycles. The number of benzene rings is 2. The number of ether oxygens (including phenoxy) is 1. The summed E-state index contributed by atoms with van der Waals surface area (Å²) in [7, 11) is -2.37. The lowest BCUT2D eigenvalue weighted by atomic mass is 10.1. The molecular formula is C18H19NO5S. The van der Waals surface area contributed by atoms with E-state index in [1.165, 1.54) is 19.2 Å². The van der Waals surface area contributed by atoms with E-state index in [9.17, 15) is 18.3 Å². The van der Waals surface area contributed by atoms with Crippen LogP contribution in [0, 0.1) is 6.92 Å². The summed E-state index contributed by atoms with van der Waals surface area (Å²) in [6.07, 6.45) is 0. The van der Waals surface area contributed by atoms with Gasteiger partial charge in [0.1, 0.15) is 16.5 Å². The minimum atomic E-state index is -3.89. The van der Waals surface area contributed by atoms with Crippen LogP contribution in [0.1, 0.15) is 17.0 Å². The van der Waals surface area contributed by atoms with E-state index >= 15 is 0 Å². The van der Waals surface area contributed by atoms with Crippen LogP contribution in [0.5, 0.6) is 5.75 Å². The van der Waals surface area contributed by atoms with Gasteiger partial charge in [-0.1, -0.05) is 29.8 Å². The highest BCUT2D eigenvalue weighted by molar-refractivity contribution is 7.92. The normalized spacial score (nSPS) is 25.4. The predicted molar refractivity (Wildman–Crippen MR) is 92.4 cm³/mol. The van der Waals surface area contributed by atoms with Crippen LogP contribution in [0.3, 0.4) is 0 Å². The van der Waals surface area contributed by atoms with E-state index in [4.69, 9.17) is 10.5 Å². The highest BCUT2D eigenvalue weighted by Gasteiger charge is 2.74. The van der Waals surface area contributed by atoms with Gasteiger partial charge in [0.2, 0.25) is 0 Å². The number of hydrogen-bond donors (Lipinski definition) is 2. The van der Waals surface area contributed by atoms with Gasteiger partial charge in [-0.2, -0.15) is 0 Å². The van der Waals surface area contributed by atoms with E-state index in [0.717, 1.165) is 5.56 Å². The fraction of sp³-hybridized carbons (Fsp3) is 0.278. The number of hydrogen-bond acceptors (Lipinski definition) is 5. The smallest absolute Gasteiger partial charge is 0.325 e. The summed E-state index contributed by atoms with van der Waals surface area (Å²) >= 11 is 0. The number of nitrogens with two attached hydrogens (primary N) is 1. The topological polar surface area (TPSA) is 107 Å². The van der Waals surface area contributed by atoms with Crippen LogP contribution in [-0.4, -0.2) is 37.4 Å². The molecule has 1 saturated carbocycles. The van der Waals surface area contributed by atoms with Crippen molar-refractivity contribution in [3.63, 3.8) is 0 Å². The van der Waals surface area contributed by atoms with Gasteiger partial charge in [-0.05, 0) is 36.8 Å². The molecule has 0 aliphatic heterocycles. The first kappa shape index (κ1) is 17.4. The molecule has 3 rings (SSSR count). The average Bonchev–Trinajstić information content (AvgIpc) is 3.24. The van der Waals surface area contributed by atoms with Crippen LogP contribution in [0.2, 0.25) is 0 Å². The molecule has 25 heavy (non-hydrogen) atoms. The van der Waals surface area contributed by atoms with Gasteiger partial charge in [0.05, 0.1) is 12.0 Å². The van der Waals surface area contributed by atoms with Crippen molar-refractivity contribution in [2.45, 2.75) is 28.5 Å². The molecule has 2 aromatic carbocycles. The highest BCUT2D eigenvalue weighted by Crippen LogP contribution is 2.55. The molecule has 0 heterocycles. The van der Waals surface area contributed by atoms with Gasteiger partial charge in [-0.15, -0.1) is 0 Å². The third-order valence-corrected chi connectivity index (χ3v) is 6.97. The summed E-state index contributed by atoms with van der Waals surface area (Å²) in [4.78, 5) is 11.8. The zero-order valence-corrected chi connectivity index (χ0v) is 14.7. The number of rotatable bonds is 5. The Morgan fingerprint density at radius 2 is 1.68 bits per heavy atom. The number of sulfone groups is 1. The zero-order valence-electron chi connectivity index (χ0n) is 13.8. The van der Waals surface area contributed by atoms with Gasteiger partial charge in [-0.3, -0.25) is 4.79 Å². The van der Waals surface area contributed by atoms with E-state index in [1.54, 1.807) is 36.4 Å². The maximum atomic E-state index is 13.0. The lowest BCUT2D eigenvalue weighted by Crippen LogP contribution is -2.39. The Labute approximate surface area is 146 Å². The minimum Gasteiger partial charge on any atom is -0.497 e. The molecule has 1 aliphatic rings. The molecule has 1 fully saturated rings. The van der Waals surface area contributed by atoms with Crippen LogP contribution >= 0.6 is 0 Å². The van der Waals surface area contributed by atoms with Crippen molar-refractivity contribution in [3.05, 3.63) is 59.7 Å². The first-order valence-electron chi connectivity index (χ1n) is 7.69. The van der Waals surface area contributed by atoms with E-state index in [2.05, 4.69) is 0 Å². The van der Waals surface area contributed by atoms with E-state index in [0.29, 0.717) is 11.3 Å². The molecule has 7 heteroatoms. The van der Waals surface area contributed by atoms with Crippen molar-refractivity contribution in [1.29, 1.82) is 0 Å². The van der Waals surface area contributed by atoms with E-state index in [1.807, 2.05) is 6.92 Å². The third-order valence-electron chi connectivity index (χ3n) is 4.71. The Hall–Kier alpha value is -2.38. The first-order valence-corrected chi connectivity index (χ1v) is 9.24. The number of aryl methyl sites for hydroxylation is 1. The molecule has 2 aromatic rings. The van der Waals surface area contributed by atoms with Gasteiger partial charge in [0.15, 0.2) is 9.84 Å². The van der Waals surface area contributed by atoms with Gasteiger partial charge in [0, 0.05) is 5.92 Å². The highest BCUT2D eigenvalue weighted by atomic mass is 32.2. The van der Waals surface area contributed by atoms with Crippen LogP contribution < -0.4 is 10.5 Å². The van der Waals surface area contributed by atoms with E-state index < -0.39 is 32.5 Å². The van der Waals surface area contributed by atoms with Crippen molar-refractivity contribution < 1.29 is 23.1 Å². The standard InChI is InChI=1S/C18H19NO5S/c1-11-3-9-14(10-4-11)25(22,23)16-15(18(16,19)17(20)21)12-5-7-13(24-2)8-6-12/h3-10,15-16H,19H2,1-2H3,(H,20,21)/t15-,16-,18+/m1/s1. The number of aliphatic carboxylic acids is 1. The lowest BCUT2D eigenvalue weighted by Gasteiger charge is -2.07. The number of carbonyl (C=O) groups is 1. The molecule has 0 bridgehead atoms. The fourth-order valence-electron chi connectivity index (χ4n) is 3.20. The molecule has 6 nitrogen and oxygen atoms in total. The Morgan fingerprint density at radius 1 is 1.12 bits per heavy atom. The molecular weight excluding hydrogens is 342 g/mol. The summed E-state index contributed by atoms with van der Waals surface area (Å²) in [6.45, 7) is 1.85. The molecule has 3 N–H and O–H groups in total. The molecule has 0 unspecified atom stereocenters. The molecule has 3 atom stereocenters. The number of carboxylic acid groups (broad SMARTS) is 1. The van der Waals surface area contributed by atoms with Crippen LogP contribution in [0.25, 0.3) is 0 Å². The van der Waals surface area contributed by atoms with Crippen molar-refractivity contribution in [1.82, 2.24) is 0 Å². The summed E-state index contributed by atoms with van der Waals surface area (Å²) in [6, 6.07) is 12.9. The summed E-state index contributed by atoms with van der Waals surface area (Å²) in [5, 5.41) is 8.34. The van der Waals surface area contributed by atoms with E-state index in [-0.39, 0.29) is 4.90 Å². The Kier molecular flexibility index (Phi) is 4.09. The second-order valence-electron chi connectivity index (χ2n) is 6.27. The quantitative estimate of drug-likeness (QED) is 0.840. The third kappa shape index (κ3) is 2.69. The number of carboxylic acids is 1. The Morgan fingerprint density at radius 3 is 2.16 bits per heavy atom. The summed E-state index contributed by atoms with van der Waals surface area (Å²) in [5.41, 5.74) is 5.65. The van der Waals surface area contributed by atoms with Gasteiger partial charge in [0.25, 0.3) is 0 Å². The van der Waals surface area contributed by atoms with Crippen molar-refractivity contribution in [2.24, 2.45) is 5.73 Å².